The number of halogens is 1. The van der Waals surface area contributed by atoms with E-state index in [9.17, 15) is 0 Å². The smallest absolute Gasteiger partial charge is 0.141 e. The molecule has 1 unspecified atom stereocenters. The van der Waals surface area contributed by atoms with Crippen LogP contribution in [0.1, 0.15) is 71.9 Å². The Labute approximate surface area is 153 Å². The first-order valence-electron chi connectivity index (χ1n) is 9.19. The van der Waals surface area contributed by atoms with Crippen molar-refractivity contribution in [3.05, 3.63) is 28.3 Å². The van der Waals surface area contributed by atoms with E-state index in [4.69, 9.17) is 22.1 Å². The number of nitrogens with two attached hydrogens (primary N) is 1. The van der Waals surface area contributed by atoms with Gasteiger partial charge in [-0.2, -0.15) is 0 Å². The maximum absolute atomic E-state index is 6.63. The minimum absolute atomic E-state index is 0.0590. The van der Waals surface area contributed by atoms with Crippen LogP contribution in [0.4, 0.5) is 0 Å². The van der Waals surface area contributed by atoms with Crippen LogP contribution < -0.4 is 10.5 Å². The van der Waals surface area contributed by atoms with Gasteiger partial charge in [0.25, 0.3) is 0 Å². The molecular weight excluding hydrogens is 318 g/mol. The van der Waals surface area contributed by atoms with E-state index in [1.54, 1.807) is 0 Å². The number of ether oxygens (including phenoxy) is 1. The van der Waals surface area contributed by atoms with Gasteiger partial charge in [0.05, 0.1) is 11.6 Å². The predicted octanol–water partition coefficient (Wildman–Crippen LogP) is 5.73. The van der Waals surface area contributed by atoms with Crippen LogP contribution >= 0.6 is 11.6 Å². The molecule has 24 heavy (non-hydrogen) atoms. The number of rotatable bonds is 7. The van der Waals surface area contributed by atoms with E-state index in [0.717, 1.165) is 35.8 Å². The molecule has 0 radical (unpaired) electrons. The first-order valence-corrected chi connectivity index (χ1v) is 9.57. The van der Waals surface area contributed by atoms with Gasteiger partial charge >= 0.3 is 0 Å². The van der Waals surface area contributed by atoms with Crippen LogP contribution in [0.5, 0.6) is 5.75 Å². The third-order valence-electron chi connectivity index (χ3n) is 4.58. The molecule has 1 aliphatic rings. The van der Waals surface area contributed by atoms with E-state index in [-0.39, 0.29) is 16.9 Å². The minimum atomic E-state index is 0.0590. The van der Waals surface area contributed by atoms with E-state index in [1.165, 1.54) is 18.4 Å². The van der Waals surface area contributed by atoms with Crippen molar-refractivity contribution in [1.29, 1.82) is 0 Å². The van der Waals surface area contributed by atoms with Gasteiger partial charge in [0.15, 0.2) is 0 Å². The summed E-state index contributed by atoms with van der Waals surface area (Å²) in [6.45, 7) is 14.3. The highest BCUT2D eigenvalue weighted by molar-refractivity contribution is 6.32. The highest BCUT2D eigenvalue weighted by Crippen LogP contribution is 2.41. The molecule has 0 heterocycles. The summed E-state index contributed by atoms with van der Waals surface area (Å²) in [7, 11) is 0. The summed E-state index contributed by atoms with van der Waals surface area (Å²) in [4.78, 5) is 0. The lowest BCUT2D eigenvalue weighted by atomic mass is 9.72. The van der Waals surface area contributed by atoms with Gasteiger partial charge in [0.2, 0.25) is 0 Å². The van der Waals surface area contributed by atoms with Gasteiger partial charge in [-0.15, -0.1) is 0 Å². The predicted molar refractivity (Wildman–Crippen MR) is 104 cm³/mol. The Morgan fingerprint density at radius 1 is 1.21 bits per heavy atom. The number of hydrogen-bond donors (Lipinski definition) is 1. The van der Waals surface area contributed by atoms with E-state index < -0.39 is 0 Å². The Hall–Kier alpha value is -0.730. The van der Waals surface area contributed by atoms with Gasteiger partial charge in [-0.1, -0.05) is 52.3 Å². The van der Waals surface area contributed by atoms with Gasteiger partial charge in [0, 0.05) is 6.04 Å². The lowest BCUT2D eigenvalue weighted by Crippen LogP contribution is -2.25. The van der Waals surface area contributed by atoms with Crippen molar-refractivity contribution >= 4 is 11.6 Å². The lowest BCUT2D eigenvalue weighted by Gasteiger charge is -2.34. The van der Waals surface area contributed by atoms with E-state index in [0.29, 0.717) is 5.92 Å². The summed E-state index contributed by atoms with van der Waals surface area (Å²) in [6, 6.07) is 4.45. The van der Waals surface area contributed by atoms with Gasteiger partial charge < -0.3 is 10.5 Å². The molecule has 0 aromatic heterocycles. The van der Waals surface area contributed by atoms with Crippen LogP contribution in [0.2, 0.25) is 5.02 Å². The SMILES string of the molecule is CC(N)Cc1cc(C(C)(C)CC(C)(C)C)cc(Cl)c1OCC1CC1. The van der Waals surface area contributed by atoms with Crippen molar-refractivity contribution in [2.75, 3.05) is 6.61 Å². The number of benzene rings is 1. The van der Waals surface area contributed by atoms with Crippen LogP contribution in [0.3, 0.4) is 0 Å². The second-order valence-electron chi connectivity index (χ2n) is 9.50. The summed E-state index contributed by atoms with van der Waals surface area (Å²) < 4.78 is 6.07. The van der Waals surface area contributed by atoms with Crippen molar-refractivity contribution in [2.45, 2.75) is 78.7 Å². The molecule has 1 aromatic carbocycles. The summed E-state index contributed by atoms with van der Waals surface area (Å²) in [6.07, 6.45) is 4.43. The Morgan fingerprint density at radius 3 is 2.33 bits per heavy atom. The van der Waals surface area contributed by atoms with Crippen molar-refractivity contribution in [3.8, 4) is 5.75 Å². The monoisotopic (exact) mass is 351 g/mol. The van der Waals surface area contributed by atoms with E-state index in [2.05, 4.69) is 46.8 Å². The highest BCUT2D eigenvalue weighted by atomic mass is 35.5. The molecule has 136 valence electrons. The molecule has 0 aliphatic heterocycles. The molecule has 1 atom stereocenters. The normalized spacial score (nSPS) is 17.0. The fraction of sp³-hybridized carbons (Fsp3) is 0.714. The highest BCUT2D eigenvalue weighted by Gasteiger charge is 2.29. The standard InChI is InChI=1S/C21H34ClNO/c1-14(23)9-16-10-17(21(5,6)13-20(2,3)4)11-18(22)19(16)24-12-15-7-8-15/h10-11,14-15H,7-9,12-13,23H2,1-6H3. The fourth-order valence-electron chi connectivity index (χ4n) is 3.61. The maximum Gasteiger partial charge on any atom is 0.141 e. The molecule has 0 bridgehead atoms. The quantitative estimate of drug-likeness (QED) is 0.680. The maximum atomic E-state index is 6.63. The van der Waals surface area contributed by atoms with Gasteiger partial charge in [-0.25, -0.2) is 0 Å². The first-order chi connectivity index (χ1) is 11.0. The molecule has 0 spiro atoms. The summed E-state index contributed by atoms with van der Waals surface area (Å²) in [5.41, 5.74) is 8.82. The largest absolute Gasteiger partial charge is 0.491 e. The van der Waals surface area contributed by atoms with Crippen molar-refractivity contribution in [3.63, 3.8) is 0 Å². The molecule has 0 saturated heterocycles. The molecule has 1 aliphatic carbocycles. The van der Waals surface area contributed by atoms with E-state index >= 15 is 0 Å². The average Bonchev–Trinajstić information content (AvgIpc) is 3.17. The first kappa shape index (κ1) is 19.6. The zero-order valence-electron chi connectivity index (χ0n) is 16.2. The Bertz CT molecular complexity index is 568. The summed E-state index contributed by atoms with van der Waals surface area (Å²) in [5.74, 6) is 1.55. The molecule has 1 fully saturated rings. The van der Waals surface area contributed by atoms with Crippen LogP contribution in [-0.4, -0.2) is 12.6 Å². The molecule has 2 rings (SSSR count). The average molecular weight is 352 g/mol. The van der Waals surface area contributed by atoms with Gasteiger partial charge in [-0.3, -0.25) is 0 Å². The minimum Gasteiger partial charge on any atom is -0.491 e. The van der Waals surface area contributed by atoms with E-state index in [1.807, 2.05) is 6.92 Å². The Balaban J connectivity index is 2.33. The lowest BCUT2D eigenvalue weighted by molar-refractivity contribution is 0.282. The third-order valence-corrected chi connectivity index (χ3v) is 4.86. The Kier molecular flexibility index (Phi) is 5.92. The van der Waals surface area contributed by atoms with Crippen molar-refractivity contribution in [1.82, 2.24) is 0 Å². The molecule has 1 saturated carbocycles. The zero-order chi connectivity index (χ0) is 18.1. The van der Waals surface area contributed by atoms with Gasteiger partial charge in [-0.05, 0) is 66.5 Å². The molecule has 0 amide bonds. The Morgan fingerprint density at radius 2 is 1.83 bits per heavy atom. The molecule has 2 nitrogen and oxygen atoms in total. The van der Waals surface area contributed by atoms with Crippen molar-refractivity contribution < 1.29 is 4.74 Å². The molecule has 1 aromatic rings. The zero-order valence-corrected chi connectivity index (χ0v) is 17.0. The topological polar surface area (TPSA) is 35.2 Å². The second kappa shape index (κ2) is 7.25. The molecule has 2 N–H and O–H groups in total. The van der Waals surface area contributed by atoms with Crippen LogP contribution in [0.15, 0.2) is 12.1 Å². The molecule has 3 heteroatoms. The molecular formula is C21H34ClNO. The van der Waals surface area contributed by atoms with Crippen LogP contribution in [0.25, 0.3) is 0 Å². The van der Waals surface area contributed by atoms with Gasteiger partial charge in [0.1, 0.15) is 5.75 Å². The third kappa shape index (κ3) is 5.67. The summed E-state index contributed by atoms with van der Waals surface area (Å²) in [5, 5.41) is 0.728. The van der Waals surface area contributed by atoms with Crippen molar-refractivity contribution in [2.24, 2.45) is 17.1 Å². The number of hydrogen-bond acceptors (Lipinski definition) is 2. The second-order valence-corrected chi connectivity index (χ2v) is 9.91. The van der Waals surface area contributed by atoms with Crippen LogP contribution in [-0.2, 0) is 11.8 Å². The fourth-order valence-corrected chi connectivity index (χ4v) is 3.91. The summed E-state index contributed by atoms with van der Waals surface area (Å²) >= 11 is 6.63. The van der Waals surface area contributed by atoms with Crippen LogP contribution in [0, 0.1) is 11.3 Å².